The van der Waals surface area contributed by atoms with Crippen molar-refractivity contribution >= 4 is 15.5 Å². The van der Waals surface area contributed by atoms with Crippen LogP contribution in [0.5, 0.6) is 5.75 Å². The van der Waals surface area contributed by atoms with E-state index in [1.165, 1.54) is 19.2 Å². The third-order valence-electron chi connectivity index (χ3n) is 2.23. The summed E-state index contributed by atoms with van der Waals surface area (Å²) < 4.78 is 26.9. The minimum Gasteiger partial charge on any atom is -0.497 e. The number of methoxy groups -OCH3 is 1. The van der Waals surface area contributed by atoms with E-state index in [1.54, 1.807) is 6.07 Å². The molecule has 1 aromatic carbocycles. The number of nitro groups is 1. The zero-order valence-corrected chi connectivity index (χ0v) is 10.4. The molecule has 0 spiro atoms. The van der Waals surface area contributed by atoms with E-state index in [9.17, 15) is 18.5 Å². The normalized spacial score (nSPS) is 11.2. The Hall–Kier alpha value is -1.63. The van der Waals surface area contributed by atoms with Crippen molar-refractivity contribution in [3.8, 4) is 5.75 Å². The summed E-state index contributed by atoms with van der Waals surface area (Å²) in [4.78, 5) is 10.3. The number of sulfone groups is 1. The summed E-state index contributed by atoms with van der Waals surface area (Å²) in [5, 5.41) is 10.8. The fraction of sp³-hybridized carbons (Fsp3) is 0.400. The van der Waals surface area contributed by atoms with E-state index in [0.29, 0.717) is 11.3 Å². The van der Waals surface area contributed by atoms with Gasteiger partial charge in [0.25, 0.3) is 5.69 Å². The first-order valence-corrected chi connectivity index (χ1v) is 6.88. The number of hydrogen-bond donors (Lipinski definition) is 0. The molecule has 0 aliphatic heterocycles. The number of aryl methyl sites for hydroxylation is 1. The molecule has 7 heteroatoms. The van der Waals surface area contributed by atoms with E-state index in [1.807, 2.05) is 0 Å². The van der Waals surface area contributed by atoms with E-state index < -0.39 is 14.8 Å². The smallest absolute Gasteiger partial charge is 0.276 e. The molecule has 17 heavy (non-hydrogen) atoms. The average molecular weight is 259 g/mol. The summed E-state index contributed by atoms with van der Waals surface area (Å²) in [5.41, 5.74) is 0.272. The Labute approximate surface area is 99.3 Å². The average Bonchev–Trinajstić information content (AvgIpc) is 2.25. The van der Waals surface area contributed by atoms with Crippen LogP contribution in [0.1, 0.15) is 5.56 Å². The van der Waals surface area contributed by atoms with Crippen molar-refractivity contribution in [2.24, 2.45) is 0 Å². The van der Waals surface area contributed by atoms with Crippen molar-refractivity contribution in [3.05, 3.63) is 33.9 Å². The van der Waals surface area contributed by atoms with Crippen molar-refractivity contribution < 1.29 is 18.1 Å². The van der Waals surface area contributed by atoms with Crippen LogP contribution in [0, 0.1) is 10.1 Å². The van der Waals surface area contributed by atoms with Crippen LogP contribution in [-0.2, 0) is 16.3 Å². The lowest BCUT2D eigenvalue weighted by atomic mass is 10.1. The highest BCUT2D eigenvalue weighted by Gasteiger charge is 2.16. The number of benzene rings is 1. The maximum absolute atomic E-state index is 11.0. The molecule has 0 heterocycles. The molecule has 0 atom stereocenters. The molecule has 0 saturated carbocycles. The Morgan fingerprint density at radius 1 is 1.41 bits per heavy atom. The molecule has 1 rings (SSSR count). The molecule has 6 nitrogen and oxygen atoms in total. The van der Waals surface area contributed by atoms with Crippen LogP contribution in [-0.4, -0.2) is 32.5 Å². The molecule has 0 fully saturated rings. The summed E-state index contributed by atoms with van der Waals surface area (Å²) in [7, 11) is -1.72. The molecule has 0 N–H and O–H groups in total. The topological polar surface area (TPSA) is 86.5 Å². The second-order valence-corrected chi connectivity index (χ2v) is 5.89. The molecule has 94 valence electrons. The van der Waals surface area contributed by atoms with Crippen LogP contribution in [0.25, 0.3) is 0 Å². The minimum absolute atomic E-state index is 0.111. The third-order valence-corrected chi connectivity index (χ3v) is 3.18. The van der Waals surface area contributed by atoms with Crippen molar-refractivity contribution in [2.75, 3.05) is 19.1 Å². The first-order valence-electron chi connectivity index (χ1n) is 4.82. The van der Waals surface area contributed by atoms with E-state index in [2.05, 4.69) is 0 Å². The summed E-state index contributed by atoms with van der Waals surface area (Å²) in [6.07, 6.45) is 1.22. The molecule has 1 aromatic rings. The predicted octanol–water partition coefficient (Wildman–Crippen LogP) is 1.19. The van der Waals surface area contributed by atoms with E-state index in [4.69, 9.17) is 4.74 Å². The number of nitro benzene ring substituents is 1. The molecule has 0 saturated heterocycles. The molecule has 0 aromatic heterocycles. The number of rotatable bonds is 5. The number of hydrogen-bond acceptors (Lipinski definition) is 5. The number of nitrogens with zero attached hydrogens (tertiary/aromatic N) is 1. The molecule has 0 unspecified atom stereocenters. The Bertz CT molecular complexity index is 523. The lowest BCUT2D eigenvalue weighted by molar-refractivity contribution is -0.385. The van der Waals surface area contributed by atoms with Gasteiger partial charge in [-0.15, -0.1) is 0 Å². The standard InChI is InChI=1S/C10H13NO5S/c1-16-9-4-3-8(5-6-17(2,14)15)10(7-9)11(12)13/h3-4,7H,5-6H2,1-2H3. The summed E-state index contributed by atoms with van der Waals surface area (Å²) in [6.45, 7) is 0. The third kappa shape index (κ3) is 4.03. The van der Waals surface area contributed by atoms with Crippen LogP contribution in [0.15, 0.2) is 18.2 Å². The van der Waals surface area contributed by atoms with Gasteiger partial charge in [-0.25, -0.2) is 8.42 Å². The van der Waals surface area contributed by atoms with Crippen molar-refractivity contribution in [1.82, 2.24) is 0 Å². The Morgan fingerprint density at radius 2 is 2.06 bits per heavy atom. The van der Waals surface area contributed by atoms with Crippen LogP contribution >= 0.6 is 0 Å². The van der Waals surface area contributed by atoms with Crippen molar-refractivity contribution in [1.29, 1.82) is 0 Å². The van der Waals surface area contributed by atoms with Gasteiger partial charge in [0.05, 0.1) is 23.9 Å². The van der Waals surface area contributed by atoms with Crippen LogP contribution < -0.4 is 4.74 Å². The van der Waals surface area contributed by atoms with Crippen molar-refractivity contribution in [2.45, 2.75) is 6.42 Å². The second-order valence-electron chi connectivity index (χ2n) is 3.63. The van der Waals surface area contributed by atoms with Gasteiger partial charge in [0.15, 0.2) is 0 Å². The number of ether oxygens (including phenoxy) is 1. The van der Waals surface area contributed by atoms with Gasteiger partial charge in [0.2, 0.25) is 0 Å². The Balaban J connectivity index is 3.03. The molecule has 0 amide bonds. The van der Waals surface area contributed by atoms with E-state index >= 15 is 0 Å². The zero-order chi connectivity index (χ0) is 13.1. The predicted molar refractivity (Wildman–Crippen MR) is 63.1 cm³/mol. The van der Waals surface area contributed by atoms with Gasteiger partial charge >= 0.3 is 0 Å². The van der Waals surface area contributed by atoms with Gasteiger partial charge in [-0.1, -0.05) is 0 Å². The van der Waals surface area contributed by atoms with Crippen LogP contribution in [0.4, 0.5) is 5.69 Å². The quantitative estimate of drug-likeness (QED) is 0.585. The zero-order valence-electron chi connectivity index (χ0n) is 9.54. The highest BCUT2D eigenvalue weighted by atomic mass is 32.2. The lowest BCUT2D eigenvalue weighted by Crippen LogP contribution is -2.07. The monoisotopic (exact) mass is 259 g/mol. The highest BCUT2D eigenvalue weighted by Crippen LogP contribution is 2.25. The Morgan fingerprint density at radius 3 is 2.53 bits per heavy atom. The first kappa shape index (κ1) is 13.4. The first-order chi connectivity index (χ1) is 7.83. The van der Waals surface area contributed by atoms with Gasteiger partial charge < -0.3 is 4.74 Å². The largest absolute Gasteiger partial charge is 0.497 e. The van der Waals surface area contributed by atoms with Gasteiger partial charge in [0.1, 0.15) is 15.6 Å². The maximum Gasteiger partial charge on any atom is 0.276 e. The van der Waals surface area contributed by atoms with Gasteiger partial charge in [-0.2, -0.15) is 0 Å². The minimum atomic E-state index is -3.13. The second kappa shape index (κ2) is 5.13. The molecular formula is C10H13NO5S. The van der Waals surface area contributed by atoms with E-state index in [0.717, 1.165) is 6.26 Å². The summed E-state index contributed by atoms with van der Waals surface area (Å²) in [6, 6.07) is 4.38. The van der Waals surface area contributed by atoms with Crippen LogP contribution in [0.3, 0.4) is 0 Å². The molecule has 0 bridgehead atoms. The molecule has 0 radical (unpaired) electrons. The Kier molecular flexibility index (Phi) is 4.06. The van der Waals surface area contributed by atoms with E-state index in [-0.39, 0.29) is 17.9 Å². The van der Waals surface area contributed by atoms with Crippen LogP contribution in [0.2, 0.25) is 0 Å². The van der Waals surface area contributed by atoms with Gasteiger partial charge in [-0.05, 0) is 18.6 Å². The van der Waals surface area contributed by atoms with Gasteiger partial charge in [0, 0.05) is 11.8 Å². The van der Waals surface area contributed by atoms with Crippen molar-refractivity contribution in [3.63, 3.8) is 0 Å². The molecular weight excluding hydrogens is 246 g/mol. The van der Waals surface area contributed by atoms with Gasteiger partial charge in [-0.3, -0.25) is 10.1 Å². The maximum atomic E-state index is 11.0. The molecule has 0 aliphatic carbocycles. The summed E-state index contributed by atoms with van der Waals surface area (Å²) in [5.74, 6) is 0.264. The lowest BCUT2D eigenvalue weighted by Gasteiger charge is -2.04. The fourth-order valence-electron chi connectivity index (χ4n) is 1.35. The SMILES string of the molecule is COc1ccc(CCS(C)(=O)=O)c([N+](=O)[O-])c1. The highest BCUT2D eigenvalue weighted by molar-refractivity contribution is 7.90. The fourth-order valence-corrected chi connectivity index (χ4v) is 1.94. The molecule has 0 aliphatic rings. The summed E-state index contributed by atoms with van der Waals surface area (Å²) >= 11 is 0.